The second kappa shape index (κ2) is 9.35. The van der Waals surface area contributed by atoms with Crippen LogP contribution in [-0.2, 0) is 16.6 Å². The Morgan fingerprint density at radius 1 is 1.19 bits per heavy atom. The van der Waals surface area contributed by atoms with E-state index in [2.05, 4.69) is 10.3 Å². The molecule has 1 aromatic heterocycles. The molecule has 2 heterocycles. The molecule has 1 aliphatic rings. The van der Waals surface area contributed by atoms with Gasteiger partial charge < -0.3 is 5.32 Å². The molecule has 0 aliphatic carbocycles. The Morgan fingerprint density at radius 3 is 2.52 bits per heavy atom. The molecular formula is C14H24ClN3O2S. The number of pyridine rings is 1. The third kappa shape index (κ3) is 6.30. The lowest BCUT2D eigenvalue weighted by atomic mass is 10.2. The van der Waals surface area contributed by atoms with E-state index < -0.39 is 10.0 Å². The summed E-state index contributed by atoms with van der Waals surface area (Å²) in [6.45, 7) is 2.51. The Morgan fingerprint density at radius 2 is 1.90 bits per heavy atom. The van der Waals surface area contributed by atoms with E-state index in [9.17, 15) is 8.42 Å². The normalized spacial score (nSPS) is 17.0. The van der Waals surface area contributed by atoms with Gasteiger partial charge in [-0.25, -0.2) is 12.7 Å². The van der Waals surface area contributed by atoms with Gasteiger partial charge in [0.15, 0.2) is 0 Å². The van der Waals surface area contributed by atoms with Gasteiger partial charge in [0.2, 0.25) is 10.0 Å². The van der Waals surface area contributed by atoms with Crippen molar-refractivity contribution < 1.29 is 8.42 Å². The van der Waals surface area contributed by atoms with E-state index in [0.29, 0.717) is 26.2 Å². The molecular weight excluding hydrogens is 310 g/mol. The minimum absolute atomic E-state index is 0. The average molecular weight is 334 g/mol. The Labute approximate surface area is 133 Å². The molecule has 1 N–H and O–H groups in total. The molecule has 0 unspecified atom stereocenters. The molecule has 0 amide bonds. The van der Waals surface area contributed by atoms with E-state index in [1.165, 1.54) is 0 Å². The quantitative estimate of drug-likeness (QED) is 0.806. The number of nitrogens with one attached hydrogen (secondary N) is 1. The first-order chi connectivity index (χ1) is 9.68. The summed E-state index contributed by atoms with van der Waals surface area (Å²) < 4.78 is 26.1. The van der Waals surface area contributed by atoms with Crippen molar-refractivity contribution in [1.29, 1.82) is 0 Å². The smallest absolute Gasteiger partial charge is 0.215 e. The van der Waals surface area contributed by atoms with Crippen molar-refractivity contribution in [2.45, 2.75) is 32.2 Å². The van der Waals surface area contributed by atoms with Crippen LogP contribution in [-0.4, -0.2) is 43.1 Å². The maximum atomic E-state index is 12.2. The highest BCUT2D eigenvalue weighted by atomic mass is 35.5. The molecule has 0 aromatic carbocycles. The predicted molar refractivity (Wildman–Crippen MR) is 87.0 cm³/mol. The predicted octanol–water partition coefficient (Wildman–Crippen LogP) is 1.80. The highest BCUT2D eigenvalue weighted by Crippen LogP contribution is 2.13. The van der Waals surface area contributed by atoms with Gasteiger partial charge in [-0.15, -0.1) is 12.4 Å². The van der Waals surface area contributed by atoms with Crippen LogP contribution in [0.25, 0.3) is 0 Å². The van der Waals surface area contributed by atoms with Crippen molar-refractivity contribution >= 4 is 22.4 Å². The van der Waals surface area contributed by atoms with Crippen molar-refractivity contribution in [3.63, 3.8) is 0 Å². The zero-order valence-corrected chi connectivity index (χ0v) is 13.8. The maximum Gasteiger partial charge on any atom is 0.215 e. The lowest BCUT2D eigenvalue weighted by Gasteiger charge is -2.19. The van der Waals surface area contributed by atoms with Crippen LogP contribution in [0.1, 0.15) is 31.2 Å². The number of rotatable bonds is 6. The molecule has 0 bridgehead atoms. The van der Waals surface area contributed by atoms with Crippen LogP contribution in [0.2, 0.25) is 0 Å². The molecule has 0 radical (unpaired) electrons. The lowest BCUT2D eigenvalue weighted by molar-refractivity contribution is 0.422. The molecule has 21 heavy (non-hydrogen) atoms. The van der Waals surface area contributed by atoms with Crippen LogP contribution >= 0.6 is 12.4 Å². The molecule has 1 saturated heterocycles. The molecule has 0 saturated carbocycles. The molecule has 120 valence electrons. The number of aromatic nitrogens is 1. The van der Waals surface area contributed by atoms with Crippen LogP contribution < -0.4 is 5.32 Å². The van der Waals surface area contributed by atoms with Crippen LogP contribution in [0.4, 0.5) is 0 Å². The number of nitrogens with zero attached hydrogens (tertiary/aromatic N) is 2. The van der Waals surface area contributed by atoms with Crippen molar-refractivity contribution in [3.05, 3.63) is 30.1 Å². The minimum Gasteiger partial charge on any atom is -0.312 e. The Balaban J connectivity index is 0.00000220. The first-order valence-electron chi connectivity index (χ1n) is 7.26. The van der Waals surface area contributed by atoms with Gasteiger partial charge in [-0.05, 0) is 24.5 Å². The topological polar surface area (TPSA) is 62.3 Å². The standard InChI is InChI=1S/C14H23N3O2S.ClH/c18-20(19,17-9-3-1-2-4-10-17)11-8-16-13-14-6-5-7-15-12-14;/h5-7,12,16H,1-4,8-11,13H2;1H. The van der Waals surface area contributed by atoms with Crippen molar-refractivity contribution in [1.82, 2.24) is 14.6 Å². The number of sulfonamides is 1. The Hall–Kier alpha value is -0.690. The van der Waals surface area contributed by atoms with Crippen LogP contribution in [0.3, 0.4) is 0 Å². The summed E-state index contributed by atoms with van der Waals surface area (Å²) in [7, 11) is -3.11. The molecule has 5 nitrogen and oxygen atoms in total. The molecule has 0 atom stereocenters. The van der Waals surface area contributed by atoms with Crippen LogP contribution in [0.5, 0.6) is 0 Å². The fraction of sp³-hybridized carbons (Fsp3) is 0.643. The SMILES string of the molecule is Cl.O=S(=O)(CCNCc1cccnc1)N1CCCCCC1. The van der Waals surface area contributed by atoms with Gasteiger partial charge in [-0.1, -0.05) is 18.9 Å². The first kappa shape index (κ1) is 18.4. The summed E-state index contributed by atoms with van der Waals surface area (Å²) in [5, 5.41) is 3.17. The second-order valence-electron chi connectivity index (χ2n) is 5.17. The van der Waals surface area contributed by atoms with E-state index in [1.54, 1.807) is 16.7 Å². The monoisotopic (exact) mass is 333 g/mol. The fourth-order valence-electron chi connectivity index (χ4n) is 2.39. The van der Waals surface area contributed by atoms with Crippen LogP contribution in [0, 0.1) is 0 Å². The first-order valence-corrected chi connectivity index (χ1v) is 8.87. The lowest BCUT2D eigenvalue weighted by Crippen LogP contribution is -2.36. The molecule has 1 aliphatic heterocycles. The summed E-state index contributed by atoms with van der Waals surface area (Å²) in [4.78, 5) is 4.03. The highest BCUT2D eigenvalue weighted by Gasteiger charge is 2.22. The van der Waals surface area contributed by atoms with Crippen molar-refractivity contribution in [2.24, 2.45) is 0 Å². The zero-order chi connectivity index (χ0) is 14.3. The number of halogens is 1. The largest absolute Gasteiger partial charge is 0.312 e. The van der Waals surface area contributed by atoms with E-state index in [1.807, 2.05) is 12.1 Å². The second-order valence-corrected chi connectivity index (χ2v) is 7.26. The summed E-state index contributed by atoms with van der Waals surface area (Å²) in [6, 6.07) is 3.86. The van der Waals surface area contributed by atoms with Gasteiger partial charge in [0, 0.05) is 38.6 Å². The third-order valence-electron chi connectivity index (χ3n) is 3.55. The van der Waals surface area contributed by atoms with Crippen molar-refractivity contribution in [2.75, 3.05) is 25.4 Å². The highest BCUT2D eigenvalue weighted by molar-refractivity contribution is 7.89. The van der Waals surface area contributed by atoms with E-state index >= 15 is 0 Å². The van der Waals surface area contributed by atoms with Gasteiger partial charge in [0.25, 0.3) is 0 Å². The molecule has 1 fully saturated rings. The van der Waals surface area contributed by atoms with Crippen molar-refractivity contribution in [3.8, 4) is 0 Å². The third-order valence-corrected chi connectivity index (χ3v) is 5.42. The maximum absolute atomic E-state index is 12.2. The number of hydrogen-bond acceptors (Lipinski definition) is 4. The van der Waals surface area contributed by atoms with Gasteiger partial charge in [0.05, 0.1) is 5.75 Å². The van der Waals surface area contributed by atoms with E-state index in [0.717, 1.165) is 31.2 Å². The average Bonchev–Trinajstić information content (AvgIpc) is 2.74. The molecule has 2 rings (SSSR count). The molecule has 0 spiro atoms. The van der Waals surface area contributed by atoms with E-state index in [-0.39, 0.29) is 18.2 Å². The summed E-state index contributed by atoms with van der Waals surface area (Å²) in [5.41, 5.74) is 1.07. The molecule has 1 aromatic rings. The van der Waals surface area contributed by atoms with Gasteiger partial charge in [0.1, 0.15) is 0 Å². The van der Waals surface area contributed by atoms with Gasteiger partial charge in [-0.3, -0.25) is 4.98 Å². The summed E-state index contributed by atoms with van der Waals surface area (Å²) in [6.07, 6.45) is 7.78. The Bertz CT molecular complexity index is 488. The van der Waals surface area contributed by atoms with Gasteiger partial charge >= 0.3 is 0 Å². The number of hydrogen-bond donors (Lipinski definition) is 1. The minimum atomic E-state index is -3.11. The zero-order valence-electron chi connectivity index (χ0n) is 12.2. The van der Waals surface area contributed by atoms with E-state index in [4.69, 9.17) is 0 Å². The molecule has 7 heteroatoms. The summed E-state index contributed by atoms with van der Waals surface area (Å²) >= 11 is 0. The van der Waals surface area contributed by atoms with Crippen LogP contribution in [0.15, 0.2) is 24.5 Å². The Kier molecular flexibility index (Phi) is 8.18. The van der Waals surface area contributed by atoms with Gasteiger partial charge in [-0.2, -0.15) is 0 Å². The summed E-state index contributed by atoms with van der Waals surface area (Å²) in [5.74, 6) is 0.174. The fourth-order valence-corrected chi connectivity index (χ4v) is 3.86.